The van der Waals surface area contributed by atoms with Crippen LogP contribution in [-0.2, 0) is 0 Å². The topological polar surface area (TPSA) is 37.9 Å². The first-order valence-corrected chi connectivity index (χ1v) is 6.64. The summed E-state index contributed by atoms with van der Waals surface area (Å²) in [5.41, 5.74) is 2.13. The van der Waals surface area contributed by atoms with E-state index in [4.69, 9.17) is 4.74 Å². The fourth-order valence-corrected chi connectivity index (χ4v) is 1.85. The van der Waals surface area contributed by atoms with E-state index in [9.17, 15) is 0 Å². The van der Waals surface area contributed by atoms with Gasteiger partial charge < -0.3 is 4.74 Å². The summed E-state index contributed by atoms with van der Waals surface area (Å²) >= 11 is 0. The van der Waals surface area contributed by atoms with Crippen LogP contribution in [0.15, 0.2) is 36.4 Å². The van der Waals surface area contributed by atoms with Crippen LogP contribution in [0.5, 0.6) is 5.88 Å². The highest BCUT2D eigenvalue weighted by Crippen LogP contribution is 2.20. The predicted molar refractivity (Wildman–Crippen MR) is 73.7 cm³/mol. The molecule has 0 saturated heterocycles. The van der Waals surface area contributed by atoms with Crippen molar-refractivity contribution in [2.24, 2.45) is 0 Å². The average Bonchev–Trinajstić information content (AvgIpc) is 2.88. The van der Waals surface area contributed by atoms with Crippen LogP contribution in [-0.4, -0.2) is 16.8 Å². The Morgan fingerprint density at radius 2 is 1.94 bits per heavy atom. The molecule has 1 heterocycles. The molecule has 1 aromatic carbocycles. The van der Waals surface area contributed by atoms with Crippen molar-refractivity contribution < 1.29 is 4.74 Å². The summed E-state index contributed by atoms with van der Waals surface area (Å²) in [4.78, 5) is 0. The first-order chi connectivity index (χ1) is 8.90. The van der Waals surface area contributed by atoms with Gasteiger partial charge in [0.05, 0.1) is 12.3 Å². The van der Waals surface area contributed by atoms with Gasteiger partial charge in [-0.1, -0.05) is 56.5 Å². The van der Waals surface area contributed by atoms with Crippen LogP contribution in [0.4, 0.5) is 0 Å². The second kappa shape index (κ2) is 6.84. The van der Waals surface area contributed by atoms with E-state index in [1.807, 2.05) is 24.3 Å². The highest BCUT2D eigenvalue weighted by molar-refractivity contribution is 5.59. The minimum absolute atomic E-state index is 0.686. The highest BCUT2D eigenvalue weighted by Gasteiger charge is 2.03. The summed E-state index contributed by atoms with van der Waals surface area (Å²) in [7, 11) is 0. The van der Waals surface area contributed by atoms with Gasteiger partial charge in [-0.15, -0.1) is 5.10 Å². The molecule has 0 bridgehead atoms. The Bertz CT molecular complexity index is 451. The van der Waals surface area contributed by atoms with E-state index >= 15 is 0 Å². The summed E-state index contributed by atoms with van der Waals surface area (Å²) in [6.45, 7) is 2.96. The molecule has 0 saturated carbocycles. The quantitative estimate of drug-likeness (QED) is 0.746. The van der Waals surface area contributed by atoms with Gasteiger partial charge in [-0.3, -0.25) is 5.10 Å². The number of nitrogens with zero attached hydrogens (tertiary/aromatic N) is 1. The van der Waals surface area contributed by atoms with Gasteiger partial charge >= 0.3 is 0 Å². The maximum atomic E-state index is 5.61. The molecular weight excluding hydrogens is 224 g/mol. The van der Waals surface area contributed by atoms with E-state index < -0.39 is 0 Å². The molecule has 3 heteroatoms. The molecular formula is C15H20N2O. The maximum Gasteiger partial charge on any atom is 0.233 e. The van der Waals surface area contributed by atoms with Crippen molar-refractivity contribution in [2.75, 3.05) is 6.61 Å². The van der Waals surface area contributed by atoms with Crippen molar-refractivity contribution >= 4 is 0 Å². The molecule has 18 heavy (non-hydrogen) atoms. The van der Waals surface area contributed by atoms with Crippen LogP contribution >= 0.6 is 0 Å². The minimum Gasteiger partial charge on any atom is -0.477 e. The number of ether oxygens (including phenoxy) is 1. The zero-order valence-electron chi connectivity index (χ0n) is 10.9. The van der Waals surface area contributed by atoms with E-state index in [-0.39, 0.29) is 0 Å². The van der Waals surface area contributed by atoms with Crippen LogP contribution in [0.25, 0.3) is 11.3 Å². The Balaban J connectivity index is 1.83. The molecule has 0 radical (unpaired) electrons. The molecule has 2 rings (SSSR count). The normalized spacial score (nSPS) is 10.5. The van der Waals surface area contributed by atoms with E-state index in [0.29, 0.717) is 5.88 Å². The molecule has 0 aliphatic rings. The third kappa shape index (κ3) is 3.62. The fourth-order valence-electron chi connectivity index (χ4n) is 1.85. The van der Waals surface area contributed by atoms with Gasteiger partial charge in [0.25, 0.3) is 0 Å². The number of unbranched alkanes of at least 4 members (excludes halogenated alkanes) is 3. The molecule has 2 aromatic rings. The monoisotopic (exact) mass is 244 g/mol. The van der Waals surface area contributed by atoms with Crippen molar-refractivity contribution in [2.45, 2.75) is 32.6 Å². The van der Waals surface area contributed by atoms with Crippen LogP contribution in [0.2, 0.25) is 0 Å². The van der Waals surface area contributed by atoms with Gasteiger partial charge in [0, 0.05) is 6.07 Å². The van der Waals surface area contributed by atoms with Gasteiger partial charge in [0.15, 0.2) is 0 Å². The molecule has 0 spiro atoms. The number of hydrogen-bond acceptors (Lipinski definition) is 2. The van der Waals surface area contributed by atoms with Crippen molar-refractivity contribution in [1.82, 2.24) is 10.2 Å². The smallest absolute Gasteiger partial charge is 0.233 e. The summed E-state index contributed by atoms with van der Waals surface area (Å²) in [5, 5.41) is 7.16. The number of benzene rings is 1. The zero-order valence-corrected chi connectivity index (χ0v) is 10.9. The fraction of sp³-hybridized carbons (Fsp3) is 0.400. The molecule has 0 atom stereocenters. The Labute approximate surface area is 108 Å². The molecule has 0 aliphatic heterocycles. The Morgan fingerprint density at radius 3 is 2.72 bits per heavy atom. The lowest BCUT2D eigenvalue weighted by atomic mass is 10.2. The first kappa shape index (κ1) is 12.7. The lowest BCUT2D eigenvalue weighted by molar-refractivity contribution is 0.293. The second-order valence-electron chi connectivity index (χ2n) is 4.40. The SMILES string of the molecule is CCCCCCOc1cc(-c2ccccc2)[nH]n1. The summed E-state index contributed by atoms with van der Waals surface area (Å²) in [6.07, 6.45) is 4.85. The molecule has 0 fully saturated rings. The highest BCUT2D eigenvalue weighted by atomic mass is 16.5. The van der Waals surface area contributed by atoms with Crippen molar-refractivity contribution in [3.8, 4) is 17.1 Å². The van der Waals surface area contributed by atoms with Crippen LogP contribution < -0.4 is 4.74 Å². The van der Waals surface area contributed by atoms with E-state index in [1.54, 1.807) is 0 Å². The molecule has 96 valence electrons. The first-order valence-electron chi connectivity index (χ1n) is 6.64. The largest absolute Gasteiger partial charge is 0.477 e. The number of rotatable bonds is 7. The van der Waals surface area contributed by atoms with Crippen molar-refractivity contribution in [3.63, 3.8) is 0 Å². The third-order valence-corrected chi connectivity index (χ3v) is 2.89. The average molecular weight is 244 g/mol. The number of aromatic nitrogens is 2. The third-order valence-electron chi connectivity index (χ3n) is 2.89. The van der Waals surface area contributed by atoms with Crippen molar-refractivity contribution in [1.29, 1.82) is 0 Å². The summed E-state index contributed by atoms with van der Waals surface area (Å²) in [5.74, 6) is 0.686. The Morgan fingerprint density at radius 1 is 1.11 bits per heavy atom. The van der Waals surface area contributed by atoms with Gasteiger partial charge in [0.2, 0.25) is 5.88 Å². The number of H-pyrrole nitrogens is 1. The molecule has 0 aliphatic carbocycles. The van der Waals surface area contributed by atoms with Crippen molar-refractivity contribution in [3.05, 3.63) is 36.4 Å². The summed E-state index contributed by atoms with van der Waals surface area (Å²) < 4.78 is 5.61. The van der Waals surface area contributed by atoms with Crippen LogP contribution in [0.3, 0.4) is 0 Å². The predicted octanol–water partition coefficient (Wildman–Crippen LogP) is 4.04. The Hall–Kier alpha value is -1.77. The van der Waals surface area contributed by atoms with Crippen LogP contribution in [0.1, 0.15) is 32.6 Å². The van der Waals surface area contributed by atoms with E-state index in [1.165, 1.54) is 19.3 Å². The van der Waals surface area contributed by atoms with Gasteiger partial charge in [-0.05, 0) is 12.0 Å². The minimum atomic E-state index is 0.686. The van der Waals surface area contributed by atoms with E-state index in [0.717, 1.165) is 24.3 Å². The molecule has 3 nitrogen and oxygen atoms in total. The number of hydrogen-bond donors (Lipinski definition) is 1. The molecule has 0 amide bonds. The molecule has 0 unspecified atom stereocenters. The maximum absolute atomic E-state index is 5.61. The lowest BCUT2D eigenvalue weighted by Crippen LogP contribution is -1.97. The Kier molecular flexibility index (Phi) is 4.82. The zero-order chi connectivity index (χ0) is 12.6. The lowest BCUT2D eigenvalue weighted by Gasteiger charge is -2.01. The van der Waals surface area contributed by atoms with E-state index in [2.05, 4.69) is 29.3 Å². The van der Waals surface area contributed by atoms with Gasteiger partial charge in [0.1, 0.15) is 0 Å². The summed E-state index contributed by atoms with van der Waals surface area (Å²) in [6, 6.07) is 12.1. The van der Waals surface area contributed by atoms with Gasteiger partial charge in [-0.25, -0.2) is 0 Å². The standard InChI is InChI=1S/C15H20N2O/c1-2-3-4-8-11-18-15-12-14(16-17-15)13-9-6-5-7-10-13/h5-7,9-10,12H,2-4,8,11H2,1H3,(H,16,17). The van der Waals surface area contributed by atoms with Crippen LogP contribution in [0, 0.1) is 0 Å². The molecule has 1 aromatic heterocycles. The number of nitrogens with one attached hydrogen (secondary N) is 1. The molecule has 1 N–H and O–H groups in total. The van der Waals surface area contributed by atoms with Gasteiger partial charge in [-0.2, -0.15) is 0 Å². The second-order valence-corrected chi connectivity index (χ2v) is 4.40. The number of aromatic amines is 1.